The van der Waals surface area contributed by atoms with E-state index in [1.54, 1.807) is 0 Å². The summed E-state index contributed by atoms with van der Waals surface area (Å²) >= 11 is 0. The fraction of sp³-hybridized carbons (Fsp3) is 0.300. The number of carbonyl (C=O) groups excluding carboxylic acids is 2. The maximum atomic E-state index is 13.2. The number of halogens is 6. The molecule has 0 bridgehead atoms. The van der Waals surface area contributed by atoms with Gasteiger partial charge < -0.3 is 4.90 Å². The van der Waals surface area contributed by atoms with Crippen LogP contribution < -0.4 is 5.32 Å². The van der Waals surface area contributed by atoms with Gasteiger partial charge in [-0.05, 0) is 31.2 Å². The van der Waals surface area contributed by atoms with Gasteiger partial charge in [0.1, 0.15) is 0 Å². The van der Waals surface area contributed by atoms with E-state index in [-0.39, 0.29) is 23.8 Å². The molecule has 1 atom stereocenters. The number of nitrogens with one attached hydrogen (secondary N) is 1. The average Bonchev–Trinajstić information content (AvgIpc) is 3.19. The van der Waals surface area contributed by atoms with Crippen LogP contribution in [0.3, 0.4) is 0 Å². The Hall–Kier alpha value is -4.04. The molecule has 0 saturated heterocycles. The first kappa shape index (κ1) is 25.6. The molecule has 35 heavy (non-hydrogen) atoms. The van der Waals surface area contributed by atoms with Gasteiger partial charge >= 0.3 is 12.4 Å². The Bertz CT molecular complexity index is 1210. The van der Waals surface area contributed by atoms with Gasteiger partial charge in [0, 0.05) is 31.9 Å². The van der Waals surface area contributed by atoms with Crippen molar-refractivity contribution in [3.05, 3.63) is 59.2 Å². The van der Waals surface area contributed by atoms with Gasteiger partial charge in [0.15, 0.2) is 5.82 Å². The normalized spacial score (nSPS) is 12.8. The van der Waals surface area contributed by atoms with Gasteiger partial charge in [-0.3, -0.25) is 14.9 Å². The third-order valence-electron chi connectivity index (χ3n) is 4.77. The second-order valence-electron chi connectivity index (χ2n) is 7.32. The van der Waals surface area contributed by atoms with Gasteiger partial charge in [0.05, 0.1) is 17.2 Å². The number of hydrogen-bond acceptors (Lipinski definition) is 6. The zero-order valence-electron chi connectivity index (χ0n) is 18.3. The third-order valence-corrected chi connectivity index (χ3v) is 4.77. The maximum Gasteiger partial charge on any atom is 0.416 e. The summed E-state index contributed by atoms with van der Waals surface area (Å²) in [6, 6.07) is 1.08. The molecule has 1 N–H and O–H groups in total. The summed E-state index contributed by atoms with van der Waals surface area (Å²) in [5.41, 5.74) is -4.07. The van der Waals surface area contributed by atoms with Crippen LogP contribution in [0.25, 0.3) is 5.95 Å². The molecule has 15 heteroatoms. The molecular weight excluding hydrogens is 484 g/mol. The minimum Gasteiger partial charge on any atom is -0.332 e. The van der Waals surface area contributed by atoms with Gasteiger partial charge in [-0.1, -0.05) is 0 Å². The Balaban J connectivity index is 2.04. The molecule has 1 unspecified atom stereocenters. The maximum absolute atomic E-state index is 13.2. The Morgan fingerprint density at radius 3 is 2.03 bits per heavy atom. The van der Waals surface area contributed by atoms with Gasteiger partial charge in [0.2, 0.25) is 11.9 Å². The van der Waals surface area contributed by atoms with Gasteiger partial charge in [0.25, 0.3) is 11.9 Å². The molecule has 1 aromatic carbocycles. The van der Waals surface area contributed by atoms with Crippen molar-refractivity contribution in [1.29, 1.82) is 0 Å². The Labute approximate surface area is 193 Å². The van der Waals surface area contributed by atoms with E-state index >= 15 is 0 Å². The number of anilines is 1. The lowest BCUT2D eigenvalue weighted by Gasteiger charge is -2.25. The number of amides is 2. The third kappa shape index (κ3) is 5.73. The number of nitrogens with zero attached hydrogens (tertiary/aromatic N) is 6. The molecule has 0 fully saturated rings. The molecule has 0 aliphatic heterocycles. The first-order valence-corrected chi connectivity index (χ1v) is 9.77. The molecular formula is C20H17F6N7O2. The number of rotatable bonds is 5. The number of alkyl halides is 6. The predicted molar refractivity (Wildman–Crippen MR) is 108 cm³/mol. The quantitative estimate of drug-likeness (QED) is 0.532. The second kappa shape index (κ2) is 9.31. The Morgan fingerprint density at radius 1 is 1.00 bits per heavy atom. The van der Waals surface area contributed by atoms with Crippen molar-refractivity contribution >= 4 is 17.8 Å². The molecule has 0 radical (unpaired) electrons. The van der Waals surface area contributed by atoms with Crippen molar-refractivity contribution in [2.75, 3.05) is 12.4 Å². The molecule has 2 amide bonds. The number of hydrogen-bond donors (Lipinski definition) is 1. The Kier molecular flexibility index (Phi) is 6.80. The van der Waals surface area contributed by atoms with E-state index in [2.05, 4.69) is 25.4 Å². The van der Waals surface area contributed by atoms with Crippen molar-refractivity contribution in [3.8, 4) is 5.95 Å². The van der Waals surface area contributed by atoms with Crippen LogP contribution in [-0.2, 0) is 17.1 Å². The van der Waals surface area contributed by atoms with Crippen LogP contribution in [0.1, 0.15) is 47.2 Å². The van der Waals surface area contributed by atoms with Crippen molar-refractivity contribution in [1.82, 2.24) is 29.6 Å². The lowest BCUT2D eigenvalue weighted by Crippen LogP contribution is -2.32. The van der Waals surface area contributed by atoms with Crippen LogP contribution in [-0.4, -0.2) is 48.5 Å². The van der Waals surface area contributed by atoms with E-state index in [0.29, 0.717) is 12.1 Å². The molecule has 9 nitrogen and oxygen atoms in total. The minimum absolute atomic E-state index is 0.00210. The Morgan fingerprint density at radius 2 is 1.54 bits per heavy atom. The summed E-state index contributed by atoms with van der Waals surface area (Å²) in [5.74, 6) is -1.84. The number of carbonyl (C=O) groups is 2. The first-order chi connectivity index (χ1) is 16.2. The zero-order valence-corrected chi connectivity index (χ0v) is 18.3. The summed E-state index contributed by atoms with van der Waals surface area (Å²) in [7, 11) is 1.17. The molecule has 0 aliphatic rings. The first-order valence-electron chi connectivity index (χ1n) is 9.77. The van der Waals surface area contributed by atoms with Crippen LogP contribution in [0.4, 0.5) is 32.3 Å². The summed E-state index contributed by atoms with van der Waals surface area (Å²) in [4.78, 5) is 37.4. The predicted octanol–water partition coefficient (Wildman–Crippen LogP) is 3.89. The topological polar surface area (TPSA) is 106 Å². The molecule has 0 aliphatic carbocycles. The van der Waals surface area contributed by atoms with E-state index in [4.69, 9.17) is 0 Å². The highest BCUT2D eigenvalue weighted by Crippen LogP contribution is 2.37. The summed E-state index contributed by atoms with van der Waals surface area (Å²) < 4.78 is 80.3. The van der Waals surface area contributed by atoms with E-state index in [9.17, 15) is 35.9 Å². The van der Waals surface area contributed by atoms with Crippen molar-refractivity contribution in [2.45, 2.75) is 32.2 Å². The highest BCUT2D eigenvalue weighted by Gasteiger charge is 2.38. The highest BCUT2D eigenvalue weighted by molar-refractivity contribution is 5.94. The second-order valence-corrected chi connectivity index (χ2v) is 7.32. The number of aromatic nitrogens is 5. The van der Waals surface area contributed by atoms with Crippen LogP contribution in [0.15, 0.2) is 36.7 Å². The zero-order chi connectivity index (χ0) is 26.1. The van der Waals surface area contributed by atoms with Gasteiger partial charge in [-0.2, -0.15) is 36.0 Å². The molecule has 3 aromatic rings. The van der Waals surface area contributed by atoms with E-state index in [1.807, 2.05) is 0 Å². The molecule has 3 rings (SSSR count). The van der Waals surface area contributed by atoms with Crippen LogP contribution >= 0.6 is 0 Å². The molecule has 0 spiro atoms. The molecule has 2 aromatic heterocycles. The SMILES string of the molecule is CC(=O)Nc1nc(C(C)N(C)C(=O)c2cc(C(F)(F)F)cc(C(F)(F)F)c2)n(-c2ncccn2)n1. The van der Waals surface area contributed by atoms with E-state index in [1.165, 1.54) is 39.4 Å². The van der Waals surface area contributed by atoms with Crippen molar-refractivity contribution in [2.24, 2.45) is 0 Å². The lowest BCUT2D eigenvalue weighted by atomic mass is 10.0. The average molecular weight is 501 g/mol. The molecule has 186 valence electrons. The van der Waals surface area contributed by atoms with Crippen molar-refractivity contribution in [3.63, 3.8) is 0 Å². The fourth-order valence-electron chi connectivity index (χ4n) is 2.98. The van der Waals surface area contributed by atoms with Gasteiger partial charge in [-0.15, -0.1) is 5.10 Å². The number of benzene rings is 1. The monoisotopic (exact) mass is 501 g/mol. The van der Waals surface area contributed by atoms with E-state index < -0.39 is 46.9 Å². The largest absolute Gasteiger partial charge is 0.416 e. The summed E-state index contributed by atoms with van der Waals surface area (Å²) in [6.07, 6.45) is -7.46. The smallest absolute Gasteiger partial charge is 0.332 e. The van der Waals surface area contributed by atoms with E-state index in [0.717, 1.165) is 9.58 Å². The van der Waals surface area contributed by atoms with Gasteiger partial charge in [-0.25, -0.2) is 9.97 Å². The summed E-state index contributed by atoms with van der Waals surface area (Å²) in [6.45, 7) is 2.61. The minimum atomic E-state index is -5.11. The standard InChI is InChI=1S/C20H17F6N7O2/c1-10(15-30-17(29-11(2)34)31-33(15)18-27-5-4-6-28-18)32(3)16(35)12-7-13(19(21,22)23)9-14(8-12)20(24,25)26/h4-10H,1-3H3,(H,29,31,34). The highest BCUT2D eigenvalue weighted by atomic mass is 19.4. The van der Waals surface area contributed by atoms with Crippen LogP contribution in [0.5, 0.6) is 0 Å². The fourth-order valence-corrected chi connectivity index (χ4v) is 2.98. The van der Waals surface area contributed by atoms with Crippen LogP contribution in [0.2, 0.25) is 0 Å². The lowest BCUT2D eigenvalue weighted by molar-refractivity contribution is -0.143. The molecule has 2 heterocycles. The van der Waals surface area contributed by atoms with Crippen LogP contribution in [0, 0.1) is 0 Å². The molecule has 0 saturated carbocycles. The van der Waals surface area contributed by atoms with Crippen molar-refractivity contribution < 1.29 is 35.9 Å². The summed E-state index contributed by atoms with van der Waals surface area (Å²) in [5, 5.41) is 6.41.